The van der Waals surface area contributed by atoms with E-state index in [9.17, 15) is 4.79 Å². The normalized spacial score (nSPS) is 10.2. The Morgan fingerprint density at radius 3 is 2.68 bits per heavy atom. The highest BCUT2D eigenvalue weighted by Crippen LogP contribution is 2.27. The van der Waals surface area contributed by atoms with Gasteiger partial charge in [0.1, 0.15) is 17.9 Å². The number of carbonyl (C=O) groups is 1. The van der Waals surface area contributed by atoms with Crippen LogP contribution in [0.25, 0.3) is 0 Å². The molecule has 0 amide bonds. The predicted octanol–water partition coefficient (Wildman–Crippen LogP) is 4.38. The number of benzene rings is 2. The van der Waals surface area contributed by atoms with Gasteiger partial charge in [0.2, 0.25) is 0 Å². The lowest BCUT2D eigenvalue weighted by atomic mass is 10.2. The maximum Gasteiger partial charge on any atom is 0.341 e. The van der Waals surface area contributed by atoms with Crippen LogP contribution in [0.1, 0.15) is 15.9 Å². The van der Waals surface area contributed by atoms with Crippen molar-refractivity contribution in [2.24, 2.45) is 0 Å². The third kappa shape index (κ3) is 3.49. The van der Waals surface area contributed by atoms with Crippen LogP contribution in [0.5, 0.6) is 5.75 Å². The second kappa shape index (κ2) is 6.08. The Kier molecular flexibility index (Phi) is 4.45. The molecule has 0 aromatic heterocycles. The summed E-state index contributed by atoms with van der Waals surface area (Å²) in [5, 5.41) is 9.28. The average Bonchev–Trinajstić information content (AvgIpc) is 2.36. The molecule has 5 heteroatoms. The molecule has 0 spiro atoms. The molecule has 1 N–H and O–H groups in total. The molecule has 0 aliphatic heterocycles. The minimum Gasteiger partial charge on any atom is -0.488 e. The Balaban J connectivity index is 2.20. The van der Waals surface area contributed by atoms with Crippen LogP contribution >= 0.6 is 27.5 Å². The number of carboxylic acid groups (broad SMARTS) is 1. The van der Waals surface area contributed by atoms with Crippen molar-refractivity contribution in [1.82, 2.24) is 0 Å². The van der Waals surface area contributed by atoms with Crippen molar-refractivity contribution in [1.29, 1.82) is 0 Å². The highest BCUT2D eigenvalue weighted by molar-refractivity contribution is 9.10. The van der Waals surface area contributed by atoms with Gasteiger partial charge in [-0.1, -0.05) is 45.7 Å². The lowest BCUT2D eigenvalue weighted by Crippen LogP contribution is -2.04. The van der Waals surface area contributed by atoms with Crippen LogP contribution < -0.4 is 4.74 Å². The smallest absolute Gasteiger partial charge is 0.341 e. The number of hydrogen-bond donors (Lipinski definition) is 1. The maximum atomic E-state index is 11.1. The molecule has 0 heterocycles. The van der Waals surface area contributed by atoms with Gasteiger partial charge in [-0.3, -0.25) is 0 Å². The van der Waals surface area contributed by atoms with Gasteiger partial charge in [0.05, 0.1) is 5.02 Å². The molecule has 0 radical (unpaired) electrons. The van der Waals surface area contributed by atoms with Gasteiger partial charge in [-0.2, -0.15) is 0 Å². The predicted molar refractivity (Wildman–Crippen MR) is 76.9 cm³/mol. The zero-order chi connectivity index (χ0) is 13.8. The van der Waals surface area contributed by atoms with Gasteiger partial charge in [-0.25, -0.2) is 4.79 Å². The largest absolute Gasteiger partial charge is 0.488 e. The second-order valence-electron chi connectivity index (χ2n) is 3.84. The first-order chi connectivity index (χ1) is 9.08. The van der Waals surface area contributed by atoms with Crippen molar-refractivity contribution in [2.75, 3.05) is 0 Å². The molecule has 2 rings (SSSR count). The SMILES string of the molecule is O=C(O)c1c(Cl)cccc1OCc1cccc(Br)c1. The molecule has 0 unspecified atom stereocenters. The van der Waals surface area contributed by atoms with Crippen molar-refractivity contribution in [3.8, 4) is 5.75 Å². The van der Waals surface area contributed by atoms with Crippen LogP contribution in [0.2, 0.25) is 5.02 Å². The van der Waals surface area contributed by atoms with E-state index >= 15 is 0 Å². The number of carboxylic acids is 1. The zero-order valence-electron chi connectivity index (χ0n) is 9.77. The molecule has 0 atom stereocenters. The van der Waals surface area contributed by atoms with E-state index in [1.54, 1.807) is 12.1 Å². The number of rotatable bonds is 4. The molecule has 0 aliphatic carbocycles. The Labute approximate surface area is 123 Å². The number of aromatic carboxylic acids is 1. The highest BCUT2D eigenvalue weighted by atomic mass is 79.9. The molecule has 0 fully saturated rings. The summed E-state index contributed by atoms with van der Waals surface area (Å²) >= 11 is 9.23. The van der Waals surface area contributed by atoms with E-state index in [1.807, 2.05) is 24.3 Å². The third-order valence-corrected chi connectivity index (χ3v) is 3.28. The monoisotopic (exact) mass is 340 g/mol. The molecule has 0 bridgehead atoms. The van der Waals surface area contributed by atoms with Crippen LogP contribution in [-0.2, 0) is 6.61 Å². The fraction of sp³-hybridized carbons (Fsp3) is 0.0714. The summed E-state index contributed by atoms with van der Waals surface area (Å²) in [5.41, 5.74) is 0.921. The zero-order valence-corrected chi connectivity index (χ0v) is 12.1. The van der Waals surface area contributed by atoms with Crippen LogP contribution in [0.15, 0.2) is 46.9 Å². The second-order valence-corrected chi connectivity index (χ2v) is 5.16. The first kappa shape index (κ1) is 13.9. The van der Waals surface area contributed by atoms with Crippen LogP contribution in [0, 0.1) is 0 Å². The molecule has 0 saturated heterocycles. The lowest BCUT2D eigenvalue weighted by Gasteiger charge is -2.10. The summed E-state index contributed by atoms with van der Waals surface area (Å²) in [5.74, 6) is -0.838. The molecule has 0 aliphatic rings. The van der Waals surface area contributed by atoms with Gasteiger partial charge in [-0.05, 0) is 29.8 Å². The molecule has 98 valence electrons. The fourth-order valence-electron chi connectivity index (χ4n) is 1.62. The summed E-state index contributed by atoms with van der Waals surface area (Å²) in [6.45, 7) is 0.278. The van der Waals surface area contributed by atoms with Crippen LogP contribution in [-0.4, -0.2) is 11.1 Å². The lowest BCUT2D eigenvalue weighted by molar-refractivity contribution is 0.0692. The Morgan fingerprint density at radius 2 is 2.00 bits per heavy atom. The van der Waals surface area contributed by atoms with E-state index in [4.69, 9.17) is 21.4 Å². The molecule has 19 heavy (non-hydrogen) atoms. The molecular weight excluding hydrogens is 332 g/mol. The van der Waals surface area contributed by atoms with E-state index in [0.717, 1.165) is 10.0 Å². The van der Waals surface area contributed by atoms with Gasteiger partial charge < -0.3 is 9.84 Å². The topological polar surface area (TPSA) is 46.5 Å². The number of hydrogen-bond acceptors (Lipinski definition) is 2. The fourth-order valence-corrected chi connectivity index (χ4v) is 2.31. The van der Waals surface area contributed by atoms with Gasteiger partial charge >= 0.3 is 5.97 Å². The Morgan fingerprint density at radius 1 is 1.26 bits per heavy atom. The summed E-state index contributed by atoms with van der Waals surface area (Å²) in [6.07, 6.45) is 0. The van der Waals surface area contributed by atoms with Crippen molar-refractivity contribution in [3.05, 3.63) is 63.1 Å². The Hall–Kier alpha value is -1.52. The van der Waals surface area contributed by atoms with E-state index in [-0.39, 0.29) is 22.9 Å². The van der Waals surface area contributed by atoms with Crippen LogP contribution in [0.4, 0.5) is 0 Å². The minimum atomic E-state index is -1.10. The van der Waals surface area contributed by atoms with E-state index < -0.39 is 5.97 Å². The minimum absolute atomic E-state index is 0.0147. The molecule has 0 saturated carbocycles. The number of halogens is 2. The van der Waals surface area contributed by atoms with E-state index in [1.165, 1.54) is 6.07 Å². The molecule has 3 nitrogen and oxygen atoms in total. The third-order valence-electron chi connectivity index (χ3n) is 2.47. The van der Waals surface area contributed by atoms with Crippen molar-refractivity contribution >= 4 is 33.5 Å². The number of ether oxygens (including phenoxy) is 1. The summed E-state index contributed by atoms with van der Waals surface area (Å²) in [7, 11) is 0. The first-order valence-corrected chi connectivity index (χ1v) is 6.64. The Bertz CT molecular complexity index is 613. The highest BCUT2D eigenvalue weighted by Gasteiger charge is 2.15. The molecule has 2 aromatic rings. The summed E-state index contributed by atoms with van der Waals surface area (Å²) in [4.78, 5) is 11.1. The molecular formula is C14H10BrClO3. The van der Waals surface area contributed by atoms with Crippen LogP contribution in [0.3, 0.4) is 0 Å². The standard InChI is InChI=1S/C14H10BrClO3/c15-10-4-1-3-9(7-10)8-19-12-6-2-5-11(16)13(12)14(17)18/h1-7H,8H2,(H,17,18). The van der Waals surface area contributed by atoms with Gasteiger partial charge in [0, 0.05) is 4.47 Å². The first-order valence-electron chi connectivity index (χ1n) is 5.47. The van der Waals surface area contributed by atoms with Gasteiger partial charge in [0.15, 0.2) is 0 Å². The molecule has 2 aromatic carbocycles. The van der Waals surface area contributed by atoms with E-state index in [2.05, 4.69) is 15.9 Å². The van der Waals surface area contributed by atoms with Crippen molar-refractivity contribution in [3.63, 3.8) is 0 Å². The van der Waals surface area contributed by atoms with E-state index in [0.29, 0.717) is 0 Å². The van der Waals surface area contributed by atoms with Gasteiger partial charge in [-0.15, -0.1) is 0 Å². The summed E-state index contributed by atoms with van der Waals surface area (Å²) in [6, 6.07) is 12.4. The van der Waals surface area contributed by atoms with Crippen molar-refractivity contribution < 1.29 is 14.6 Å². The average molecular weight is 342 g/mol. The summed E-state index contributed by atoms with van der Waals surface area (Å²) < 4.78 is 6.48. The van der Waals surface area contributed by atoms with Crippen molar-refractivity contribution in [2.45, 2.75) is 6.61 Å². The maximum absolute atomic E-state index is 11.1. The quantitative estimate of drug-likeness (QED) is 0.897. The van der Waals surface area contributed by atoms with Gasteiger partial charge in [0.25, 0.3) is 0 Å².